The molecule has 6 heteroatoms. The van der Waals surface area contributed by atoms with E-state index in [0.29, 0.717) is 5.39 Å². The third-order valence-electron chi connectivity index (χ3n) is 2.27. The molecule has 0 saturated carbocycles. The van der Waals surface area contributed by atoms with Crippen LogP contribution in [0.3, 0.4) is 0 Å². The van der Waals surface area contributed by atoms with Gasteiger partial charge in [-0.25, -0.2) is 4.79 Å². The van der Waals surface area contributed by atoms with Crippen LogP contribution in [0.4, 0.5) is 0 Å². The van der Waals surface area contributed by atoms with Crippen molar-refractivity contribution in [3.05, 3.63) is 28.6 Å². The fourth-order valence-electron chi connectivity index (χ4n) is 1.54. The van der Waals surface area contributed by atoms with Crippen molar-refractivity contribution < 1.29 is 23.8 Å². The molecule has 0 atom stereocenters. The number of rotatable bonds is 2. The minimum Gasteiger partial charge on any atom is -0.502 e. The summed E-state index contributed by atoms with van der Waals surface area (Å²) in [6.07, 6.45) is 0. The second-order valence-electron chi connectivity index (χ2n) is 3.52. The minimum atomic E-state index is -0.647. The Balaban J connectivity index is 2.83. The first kappa shape index (κ1) is 12.0. The summed E-state index contributed by atoms with van der Waals surface area (Å²) in [7, 11) is 1.36. The van der Waals surface area contributed by atoms with Gasteiger partial charge in [-0.15, -0.1) is 0 Å². The number of hydrogen-bond donors (Lipinski definition) is 1. The van der Waals surface area contributed by atoms with Crippen LogP contribution in [-0.2, 0) is 4.79 Å². The zero-order chi connectivity index (χ0) is 13.3. The standard InChI is InChI=1S/C12H10O6/c1-6(13)17-12-10(15)8(16-2)5-7-3-4-9(14)18-11(7)12/h3-5,15H,1-2H3. The summed E-state index contributed by atoms with van der Waals surface area (Å²) < 4.78 is 14.7. The van der Waals surface area contributed by atoms with Crippen LogP contribution < -0.4 is 15.1 Å². The van der Waals surface area contributed by atoms with Gasteiger partial charge in [0.25, 0.3) is 0 Å². The molecule has 94 valence electrons. The fraction of sp³-hybridized carbons (Fsp3) is 0.167. The number of hydrogen-bond acceptors (Lipinski definition) is 6. The van der Waals surface area contributed by atoms with E-state index in [-0.39, 0.29) is 17.1 Å². The third-order valence-corrected chi connectivity index (χ3v) is 2.27. The molecule has 0 aliphatic carbocycles. The van der Waals surface area contributed by atoms with Crippen molar-refractivity contribution >= 4 is 16.9 Å². The number of carbonyl (C=O) groups excluding carboxylic acids is 1. The molecule has 18 heavy (non-hydrogen) atoms. The van der Waals surface area contributed by atoms with Crippen molar-refractivity contribution in [3.63, 3.8) is 0 Å². The van der Waals surface area contributed by atoms with Gasteiger partial charge in [0, 0.05) is 18.4 Å². The van der Waals surface area contributed by atoms with Crippen LogP contribution in [0.15, 0.2) is 27.4 Å². The normalized spacial score (nSPS) is 10.3. The zero-order valence-corrected chi connectivity index (χ0v) is 9.72. The molecule has 6 nitrogen and oxygen atoms in total. The third kappa shape index (κ3) is 2.00. The fourth-order valence-corrected chi connectivity index (χ4v) is 1.54. The number of aromatic hydroxyl groups is 1. The second kappa shape index (κ2) is 4.40. The number of ether oxygens (including phenoxy) is 2. The second-order valence-corrected chi connectivity index (χ2v) is 3.52. The molecule has 0 saturated heterocycles. The van der Waals surface area contributed by atoms with Crippen molar-refractivity contribution in [1.82, 2.24) is 0 Å². The van der Waals surface area contributed by atoms with E-state index in [1.165, 1.54) is 32.2 Å². The van der Waals surface area contributed by atoms with Crippen LogP contribution in [-0.4, -0.2) is 18.2 Å². The number of phenols is 1. The predicted octanol–water partition coefficient (Wildman–Crippen LogP) is 1.43. The molecule has 0 fully saturated rings. The quantitative estimate of drug-likeness (QED) is 0.493. The van der Waals surface area contributed by atoms with Gasteiger partial charge in [-0.1, -0.05) is 0 Å². The van der Waals surface area contributed by atoms with Gasteiger partial charge in [0.05, 0.1) is 7.11 Å². The van der Waals surface area contributed by atoms with E-state index in [9.17, 15) is 14.7 Å². The lowest BCUT2D eigenvalue weighted by Crippen LogP contribution is -2.04. The number of phenolic OH excluding ortho intramolecular Hbond substituents is 1. The summed E-state index contributed by atoms with van der Waals surface area (Å²) in [5.41, 5.74) is -0.614. The molecule has 0 radical (unpaired) electrons. The summed E-state index contributed by atoms with van der Waals surface area (Å²) in [4.78, 5) is 22.2. The SMILES string of the molecule is COc1cc2ccc(=O)oc2c(OC(C)=O)c1O. The molecule has 1 N–H and O–H groups in total. The Bertz CT molecular complexity index is 670. The molecule has 0 spiro atoms. The monoisotopic (exact) mass is 250 g/mol. The van der Waals surface area contributed by atoms with E-state index < -0.39 is 17.3 Å². The average molecular weight is 250 g/mol. The first-order valence-electron chi connectivity index (χ1n) is 5.05. The molecule has 0 aliphatic rings. The van der Waals surface area contributed by atoms with Gasteiger partial charge >= 0.3 is 11.6 Å². The number of carbonyl (C=O) groups is 1. The van der Waals surface area contributed by atoms with Crippen LogP contribution in [0, 0.1) is 0 Å². The molecule has 0 bridgehead atoms. The van der Waals surface area contributed by atoms with Crippen molar-refractivity contribution in [2.24, 2.45) is 0 Å². The highest BCUT2D eigenvalue weighted by Gasteiger charge is 2.18. The maximum absolute atomic E-state index is 11.2. The lowest BCUT2D eigenvalue weighted by atomic mass is 10.2. The van der Waals surface area contributed by atoms with Gasteiger partial charge < -0.3 is 19.0 Å². The highest BCUT2D eigenvalue weighted by Crippen LogP contribution is 2.42. The van der Waals surface area contributed by atoms with Gasteiger partial charge in [0.2, 0.25) is 11.5 Å². The van der Waals surface area contributed by atoms with E-state index in [4.69, 9.17) is 13.9 Å². The van der Waals surface area contributed by atoms with Crippen LogP contribution in [0.5, 0.6) is 17.2 Å². The Kier molecular flexibility index (Phi) is 2.93. The van der Waals surface area contributed by atoms with Crippen LogP contribution in [0.25, 0.3) is 11.0 Å². The van der Waals surface area contributed by atoms with E-state index >= 15 is 0 Å². The van der Waals surface area contributed by atoms with Crippen molar-refractivity contribution in [2.45, 2.75) is 6.92 Å². The summed E-state index contributed by atoms with van der Waals surface area (Å²) in [5, 5.41) is 10.3. The predicted molar refractivity (Wildman–Crippen MR) is 62.0 cm³/mol. The molecule has 1 aromatic heterocycles. The van der Waals surface area contributed by atoms with Crippen LogP contribution in [0.2, 0.25) is 0 Å². The lowest BCUT2D eigenvalue weighted by molar-refractivity contribution is -0.131. The van der Waals surface area contributed by atoms with Crippen molar-refractivity contribution in [2.75, 3.05) is 7.11 Å². The molecule has 1 aromatic carbocycles. The Morgan fingerprint density at radius 3 is 2.72 bits per heavy atom. The van der Waals surface area contributed by atoms with E-state index in [1.807, 2.05) is 0 Å². The zero-order valence-electron chi connectivity index (χ0n) is 9.72. The first-order valence-corrected chi connectivity index (χ1v) is 5.05. The van der Waals surface area contributed by atoms with Crippen LogP contribution in [0.1, 0.15) is 6.92 Å². The molecular formula is C12H10O6. The van der Waals surface area contributed by atoms with Crippen molar-refractivity contribution in [3.8, 4) is 17.2 Å². The summed E-state index contributed by atoms with van der Waals surface area (Å²) >= 11 is 0. The van der Waals surface area contributed by atoms with Gasteiger partial charge in [-0.2, -0.15) is 0 Å². The van der Waals surface area contributed by atoms with Gasteiger partial charge in [-0.05, 0) is 12.1 Å². The molecule has 0 unspecified atom stereocenters. The van der Waals surface area contributed by atoms with Gasteiger partial charge in [0.15, 0.2) is 11.3 Å². The van der Waals surface area contributed by atoms with Gasteiger partial charge in [0.1, 0.15) is 0 Å². The Hall–Kier alpha value is -2.50. The Morgan fingerprint density at radius 1 is 1.39 bits per heavy atom. The first-order chi connectivity index (χ1) is 8.52. The number of benzene rings is 1. The molecule has 0 amide bonds. The maximum Gasteiger partial charge on any atom is 0.336 e. The largest absolute Gasteiger partial charge is 0.502 e. The smallest absolute Gasteiger partial charge is 0.336 e. The minimum absolute atomic E-state index is 0.00370. The highest BCUT2D eigenvalue weighted by atomic mass is 16.6. The number of methoxy groups -OCH3 is 1. The summed E-state index contributed by atoms with van der Waals surface area (Å²) in [6, 6.07) is 4.17. The number of esters is 1. The van der Waals surface area contributed by atoms with Crippen molar-refractivity contribution in [1.29, 1.82) is 0 Å². The van der Waals surface area contributed by atoms with E-state index in [1.54, 1.807) is 0 Å². The Morgan fingerprint density at radius 2 is 2.11 bits per heavy atom. The summed E-state index contributed by atoms with van der Waals surface area (Å²) in [6.45, 7) is 1.17. The Labute approximate surface area is 101 Å². The molecule has 0 aliphatic heterocycles. The maximum atomic E-state index is 11.2. The highest BCUT2D eigenvalue weighted by molar-refractivity contribution is 5.90. The van der Waals surface area contributed by atoms with E-state index in [2.05, 4.69) is 0 Å². The lowest BCUT2D eigenvalue weighted by Gasteiger charge is -2.10. The topological polar surface area (TPSA) is 86.0 Å². The molecular weight excluding hydrogens is 240 g/mol. The van der Waals surface area contributed by atoms with Crippen LogP contribution >= 0.6 is 0 Å². The molecule has 2 rings (SSSR count). The molecule has 1 heterocycles. The molecule has 2 aromatic rings. The average Bonchev–Trinajstić information content (AvgIpc) is 2.32. The summed E-state index contributed by atoms with van der Waals surface area (Å²) in [5.74, 6) is -1.15. The number of fused-ring (bicyclic) bond motifs is 1. The van der Waals surface area contributed by atoms with Gasteiger partial charge in [-0.3, -0.25) is 4.79 Å². The van der Waals surface area contributed by atoms with E-state index in [0.717, 1.165) is 0 Å².